The number of benzene rings is 2. The van der Waals surface area contributed by atoms with Crippen LogP contribution in [0.1, 0.15) is 25.0 Å². The van der Waals surface area contributed by atoms with E-state index in [0.717, 1.165) is 19.4 Å². The van der Waals surface area contributed by atoms with Gasteiger partial charge in [0, 0.05) is 13.1 Å². The Morgan fingerprint density at radius 2 is 1.29 bits per heavy atom. The maximum absolute atomic E-state index is 11.5. The summed E-state index contributed by atoms with van der Waals surface area (Å²) < 4.78 is 0. The summed E-state index contributed by atoms with van der Waals surface area (Å²) in [5.41, 5.74) is 2.47. The number of hydrogen-bond donors (Lipinski definition) is 0. The molecule has 1 atom stereocenters. The molecule has 0 aliphatic carbocycles. The van der Waals surface area contributed by atoms with Gasteiger partial charge in [-0.3, -0.25) is 4.90 Å². The van der Waals surface area contributed by atoms with Crippen LogP contribution >= 0.6 is 0 Å². The Hall–Kier alpha value is -1.93. The molecule has 2 aromatic rings. The molecule has 0 spiro atoms. The fraction of sp³-hybridized carbons (Fsp3) is 0.316. The van der Waals surface area contributed by atoms with Crippen LogP contribution in [0.15, 0.2) is 60.7 Å². The predicted molar refractivity (Wildman–Crippen MR) is 86.8 cm³/mol. The lowest BCUT2D eigenvalue weighted by molar-refractivity contribution is -0.114. The molecule has 0 saturated heterocycles. The molecule has 0 aliphatic heterocycles. The van der Waals surface area contributed by atoms with E-state index < -0.39 is 0 Å². The van der Waals surface area contributed by atoms with Crippen molar-refractivity contribution in [2.45, 2.75) is 33.0 Å². The van der Waals surface area contributed by atoms with Crippen molar-refractivity contribution in [2.75, 3.05) is 0 Å². The molecule has 0 unspecified atom stereocenters. The Bertz CT molecular complexity index is 495. The van der Waals surface area contributed by atoms with Crippen molar-refractivity contribution in [3.05, 3.63) is 71.8 Å². The van der Waals surface area contributed by atoms with Crippen molar-refractivity contribution in [1.29, 1.82) is 0 Å². The Balaban J connectivity index is 2.19. The van der Waals surface area contributed by atoms with Gasteiger partial charge >= 0.3 is 0 Å². The van der Waals surface area contributed by atoms with Crippen LogP contribution in [0.4, 0.5) is 0 Å². The molecule has 0 aromatic heterocycles. The average Bonchev–Trinajstić information content (AvgIpc) is 2.49. The lowest BCUT2D eigenvalue weighted by Gasteiger charge is -2.30. The van der Waals surface area contributed by atoms with Gasteiger partial charge in [0.05, 0.1) is 6.04 Å². The van der Waals surface area contributed by atoms with Crippen molar-refractivity contribution in [3.63, 3.8) is 0 Å². The highest BCUT2D eigenvalue weighted by molar-refractivity contribution is 5.58. The molecule has 2 nitrogen and oxygen atoms in total. The fourth-order valence-corrected chi connectivity index (χ4v) is 2.57. The second-order valence-corrected chi connectivity index (χ2v) is 5.75. The SMILES string of the molecule is CC(C)[C@@H](C=O)N(Cc1ccccc1)Cc1ccccc1. The second-order valence-electron chi connectivity index (χ2n) is 5.75. The molecule has 2 heteroatoms. The minimum Gasteiger partial charge on any atom is -0.302 e. The van der Waals surface area contributed by atoms with Crippen LogP contribution in [0.25, 0.3) is 0 Å². The van der Waals surface area contributed by atoms with Gasteiger partial charge in [0.2, 0.25) is 0 Å². The zero-order valence-electron chi connectivity index (χ0n) is 12.8. The molecule has 2 aromatic carbocycles. The smallest absolute Gasteiger partial charge is 0.137 e. The standard InChI is InChI=1S/C19H23NO/c1-16(2)19(15-21)20(13-17-9-5-3-6-10-17)14-18-11-7-4-8-12-18/h3-12,15-16,19H,13-14H2,1-2H3/t19-/m1/s1. The molecule has 0 heterocycles. The normalized spacial score (nSPS) is 12.6. The average molecular weight is 281 g/mol. The lowest BCUT2D eigenvalue weighted by Crippen LogP contribution is -2.39. The van der Waals surface area contributed by atoms with E-state index in [1.54, 1.807) is 0 Å². The summed E-state index contributed by atoms with van der Waals surface area (Å²) in [7, 11) is 0. The van der Waals surface area contributed by atoms with Gasteiger partial charge in [0.1, 0.15) is 6.29 Å². The van der Waals surface area contributed by atoms with E-state index in [1.807, 2.05) is 36.4 Å². The van der Waals surface area contributed by atoms with Gasteiger partial charge in [0.25, 0.3) is 0 Å². The molecule has 110 valence electrons. The van der Waals surface area contributed by atoms with Crippen LogP contribution in [0.5, 0.6) is 0 Å². The third-order valence-electron chi connectivity index (χ3n) is 3.70. The van der Waals surface area contributed by atoms with E-state index in [-0.39, 0.29) is 6.04 Å². The van der Waals surface area contributed by atoms with Crippen molar-refractivity contribution in [3.8, 4) is 0 Å². The second kappa shape index (κ2) is 7.75. The summed E-state index contributed by atoms with van der Waals surface area (Å²) in [6.07, 6.45) is 1.08. The van der Waals surface area contributed by atoms with Gasteiger partial charge in [-0.1, -0.05) is 74.5 Å². The van der Waals surface area contributed by atoms with Crippen molar-refractivity contribution in [2.24, 2.45) is 5.92 Å². The van der Waals surface area contributed by atoms with Crippen LogP contribution < -0.4 is 0 Å². The Morgan fingerprint density at radius 1 is 0.857 bits per heavy atom. The highest BCUT2D eigenvalue weighted by Crippen LogP contribution is 2.17. The Kier molecular flexibility index (Phi) is 5.70. The van der Waals surface area contributed by atoms with Gasteiger partial charge in [-0.2, -0.15) is 0 Å². The topological polar surface area (TPSA) is 20.3 Å². The van der Waals surface area contributed by atoms with Crippen LogP contribution in [-0.2, 0) is 17.9 Å². The number of rotatable bonds is 7. The summed E-state index contributed by atoms with van der Waals surface area (Å²) in [5.74, 6) is 0.301. The van der Waals surface area contributed by atoms with Gasteiger partial charge in [0.15, 0.2) is 0 Å². The first-order valence-corrected chi connectivity index (χ1v) is 7.48. The van der Waals surface area contributed by atoms with Crippen LogP contribution in [0.3, 0.4) is 0 Å². The molecule has 0 N–H and O–H groups in total. The molecule has 0 bridgehead atoms. The highest BCUT2D eigenvalue weighted by Gasteiger charge is 2.21. The molecule has 21 heavy (non-hydrogen) atoms. The monoisotopic (exact) mass is 281 g/mol. The van der Waals surface area contributed by atoms with Crippen molar-refractivity contribution >= 4 is 6.29 Å². The molecule has 2 rings (SSSR count). The Labute approximate surface area is 127 Å². The lowest BCUT2D eigenvalue weighted by atomic mass is 10.0. The summed E-state index contributed by atoms with van der Waals surface area (Å²) in [4.78, 5) is 13.8. The van der Waals surface area contributed by atoms with E-state index in [4.69, 9.17) is 0 Å². The quantitative estimate of drug-likeness (QED) is 0.717. The van der Waals surface area contributed by atoms with E-state index in [9.17, 15) is 4.79 Å². The maximum Gasteiger partial charge on any atom is 0.137 e. The largest absolute Gasteiger partial charge is 0.302 e. The van der Waals surface area contributed by atoms with E-state index in [2.05, 4.69) is 43.0 Å². The summed E-state index contributed by atoms with van der Waals surface area (Å²) >= 11 is 0. The molecule has 0 fully saturated rings. The van der Waals surface area contributed by atoms with E-state index in [0.29, 0.717) is 5.92 Å². The molecule has 0 aliphatic rings. The third kappa shape index (κ3) is 4.54. The fourth-order valence-electron chi connectivity index (χ4n) is 2.57. The van der Waals surface area contributed by atoms with Crippen LogP contribution in [0.2, 0.25) is 0 Å². The third-order valence-corrected chi connectivity index (χ3v) is 3.70. The number of hydrogen-bond acceptors (Lipinski definition) is 2. The van der Waals surface area contributed by atoms with Crippen LogP contribution in [0, 0.1) is 5.92 Å². The zero-order valence-corrected chi connectivity index (χ0v) is 12.8. The van der Waals surface area contributed by atoms with Gasteiger partial charge in [-0.25, -0.2) is 0 Å². The minimum atomic E-state index is -0.0644. The molecular weight excluding hydrogens is 258 g/mol. The first-order chi connectivity index (χ1) is 10.2. The predicted octanol–water partition coefficient (Wildman–Crippen LogP) is 3.91. The first-order valence-electron chi connectivity index (χ1n) is 7.48. The first kappa shape index (κ1) is 15.5. The summed E-state index contributed by atoms with van der Waals surface area (Å²) in [5, 5.41) is 0. The van der Waals surface area contributed by atoms with Crippen LogP contribution in [-0.4, -0.2) is 17.2 Å². The van der Waals surface area contributed by atoms with Gasteiger partial charge in [-0.05, 0) is 17.0 Å². The highest BCUT2D eigenvalue weighted by atomic mass is 16.1. The summed E-state index contributed by atoms with van der Waals surface area (Å²) in [6, 6.07) is 20.6. The molecular formula is C19H23NO. The van der Waals surface area contributed by atoms with E-state index >= 15 is 0 Å². The zero-order chi connectivity index (χ0) is 15.1. The molecule has 0 amide bonds. The number of carbonyl (C=O) groups excluding carboxylic acids is 1. The van der Waals surface area contributed by atoms with Gasteiger partial charge in [-0.15, -0.1) is 0 Å². The summed E-state index contributed by atoms with van der Waals surface area (Å²) in [6.45, 7) is 5.78. The Morgan fingerprint density at radius 3 is 1.62 bits per heavy atom. The minimum absolute atomic E-state index is 0.0644. The number of carbonyl (C=O) groups is 1. The van der Waals surface area contributed by atoms with E-state index in [1.165, 1.54) is 11.1 Å². The number of nitrogens with zero attached hydrogens (tertiary/aromatic N) is 1. The molecule has 0 radical (unpaired) electrons. The van der Waals surface area contributed by atoms with Crippen molar-refractivity contribution in [1.82, 2.24) is 4.90 Å². The van der Waals surface area contributed by atoms with Crippen molar-refractivity contribution < 1.29 is 4.79 Å². The maximum atomic E-state index is 11.5. The number of aldehydes is 1. The van der Waals surface area contributed by atoms with Gasteiger partial charge < -0.3 is 4.79 Å². The molecule has 0 saturated carbocycles.